The molecule has 2 N–H and O–H groups in total. The number of esters is 2. The molecule has 9 rings (SSSR count). The normalized spacial score (nSPS) is 25.4. The van der Waals surface area contributed by atoms with Gasteiger partial charge in [-0.05, 0) is 141 Å². The largest absolute Gasteiger partial charge is 0.491 e. The van der Waals surface area contributed by atoms with Crippen LogP contribution in [-0.2, 0) is 28.5 Å². The molecule has 6 atom stereocenters. The molecule has 4 fully saturated rings. The van der Waals surface area contributed by atoms with Crippen LogP contribution in [0.15, 0.2) is 121 Å². The van der Waals surface area contributed by atoms with Gasteiger partial charge in [-0.3, -0.25) is 0 Å². The van der Waals surface area contributed by atoms with Gasteiger partial charge in [-0.25, -0.2) is 9.59 Å². The van der Waals surface area contributed by atoms with Gasteiger partial charge < -0.3 is 57.6 Å². The summed E-state index contributed by atoms with van der Waals surface area (Å²) in [5.41, 5.74) is 3.52. The highest BCUT2D eigenvalue weighted by atomic mass is 127. The van der Waals surface area contributed by atoms with Gasteiger partial charge in [-0.1, -0.05) is 65.1 Å². The number of rotatable bonds is 24. The quantitative estimate of drug-likeness (QED) is 0.0295. The Balaban J connectivity index is 0.615. The second-order valence-electron chi connectivity index (χ2n) is 18.9. The lowest BCUT2D eigenvalue weighted by atomic mass is 9.82. The van der Waals surface area contributed by atoms with E-state index in [1.807, 2.05) is 42.5 Å². The van der Waals surface area contributed by atoms with Crippen LogP contribution >= 0.6 is 22.6 Å². The minimum absolute atomic E-state index is 0.0157. The van der Waals surface area contributed by atoms with E-state index in [-0.39, 0.29) is 72.8 Å². The topological polar surface area (TPSA) is 174 Å². The molecule has 0 bridgehead atoms. The van der Waals surface area contributed by atoms with Crippen LogP contribution in [0.4, 0.5) is 0 Å². The van der Waals surface area contributed by atoms with E-state index in [4.69, 9.17) is 47.4 Å². The monoisotopic (exact) mass is 1090 g/mol. The molecule has 4 aromatic carbocycles. The number of carbonyl (C=O) groups is 2. The lowest BCUT2D eigenvalue weighted by Gasteiger charge is -2.29. The molecule has 0 radical (unpaired) electrons. The molecule has 0 amide bonds. The lowest BCUT2D eigenvalue weighted by Crippen LogP contribution is -2.28. The molecule has 3 aliphatic carbocycles. The first-order valence-corrected chi connectivity index (χ1v) is 26.1. The third kappa shape index (κ3) is 15.7. The van der Waals surface area contributed by atoms with Crippen molar-refractivity contribution in [2.24, 2.45) is 0 Å². The number of carbonyl (C=O) groups excluding carboxylic acids is 2. The summed E-state index contributed by atoms with van der Waals surface area (Å²) >= 11 is 2.30. The highest BCUT2D eigenvalue weighted by molar-refractivity contribution is 14.1. The molecule has 5 unspecified atom stereocenters. The Morgan fingerprint density at radius 3 is 1.51 bits per heavy atom. The molecule has 14 nitrogen and oxygen atoms in total. The first-order valence-electron chi connectivity index (χ1n) is 24.9. The van der Waals surface area contributed by atoms with Crippen LogP contribution in [0.2, 0.25) is 0 Å². The maximum absolute atomic E-state index is 12.9. The average Bonchev–Trinajstić information content (AvgIpc) is 4.36. The zero-order valence-electron chi connectivity index (χ0n) is 39.7. The number of benzene rings is 4. The molecule has 2 aliphatic heterocycles. The average molecular weight is 1090 g/mol. The summed E-state index contributed by atoms with van der Waals surface area (Å²) in [7, 11) is 0. The van der Waals surface area contributed by atoms with E-state index in [0.717, 1.165) is 64.6 Å². The van der Waals surface area contributed by atoms with Crippen LogP contribution in [0, 0.1) is 0 Å². The van der Waals surface area contributed by atoms with E-state index < -0.39 is 12.2 Å². The van der Waals surface area contributed by atoms with Gasteiger partial charge in [0.15, 0.2) is 0 Å². The van der Waals surface area contributed by atoms with Crippen LogP contribution in [-0.4, -0.2) is 122 Å². The SMILES string of the molecule is O=C(OC1CCC(c2ccc(OCC(O)COc3cccc(OCC(O)COc4ccc(C5CCC(OC(=O)c6ccc(OC[C@H]7CO7)cc6)CC5)cc4)c3)cc2)CC1)C1=CC(I)C(OCC2CO2)C=C1. The number of alkyl halides is 1. The lowest BCUT2D eigenvalue weighted by molar-refractivity contribution is -0.145. The first kappa shape index (κ1) is 50.8. The second-order valence-corrected chi connectivity index (χ2v) is 20.3. The molecule has 2 saturated heterocycles. The van der Waals surface area contributed by atoms with E-state index in [2.05, 4.69) is 46.9 Å². The maximum atomic E-state index is 12.9. The molecule has 4 aromatic rings. The van der Waals surface area contributed by atoms with Crippen molar-refractivity contribution in [3.05, 3.63) is 138 Å². The Kier molecular flexibility index (Phi) is 17.9. The Labute approximate surface area is 428 Å². The third-order valence-electron chi connectivity index (χ3n) is 13.3. The smallest absolute Gasteiger partial charge is 0.338 e. The van der Waals surface area contributed by atoms with E-state index >= 15 is 0 Å². The molecule has 71 heavy (non-hydrogen) atoms. The van der Waals surface area contributed by atoms with Gasteiger partial charge in [0.2, 0.25) is 0 Å². The van der Waals surface area contributed by atoms with E-state index in [0.29, 0.717) is 64.9 Å². The van der Waals surface area contributed by atoms with Gasteiger partial charge in [0.05, 0.1) is 41.0 Å². The summed E-state index contributed by atoms with van der Waals surface area (Å²) in [6.45, 7) is 2.72. The zero-order valence-corrected chi connectivity index (χ0v) is 41.9. The van der Waals surface area contributed by atoms with Gasteiger partial charge in [0.1, 0.15) is 98.4 Å². The standard InChI is InChI=1S/C56H63IO14/c57-53-26-41(14-25-54(53)69-35-52-34-68-52)56(61)71-48-23-10-39(11-24-48)37-6-17-45(18-7-37)63-29-43(59)31-65-50-3-1-2-49(27-50)64-30-42(58)28-62-44-15-4-36(5-16-44)38-8-21-47(22-9-38)70-55(60)40-12-19-46(20-13-40)66-32-51-33-67-51/h1-7,12-20,25-27,38-39,42-43,47-48,51-54,58-59H,8-11,21-24,28-35H2/t38?,39?,42?,43?,47?,48?,51-,52?,53?,54?/m0/s1. The van der Waals surface area contributed by atoms with Crippen molar-refractivity contribution in [1.29, 1.82) is 0 Å². The number of aliphatic hydroxyl groups is 2. The Morgan fingerprint density at radius 1 is 0.563 bits per heavy atom. The van der Waals surface area contributed by atoms with Crippen molar-refractivity contribution < 1.29 is 67.2 Å². The third-order valence-corrected chi connectivity index (χ3v) is 14.4. The predicted octanol–water partition coefficient (Wildman–Crippen LogP) is 8.64. The minimum Gasteiger partial charge on any atom is -0.491 e. The highest BCUT2D eigenvalue weighted by Crippen LogP contribution is 2.37. The number of epoxide rings is 2. The number of halogens is 1. The molecule has 0 aromatic heterocycles. The van der Waals surface area contributed by atoms with Gasteiger partial charge in [-0.15, -0.1) is 0 Å². The predicted molar refractivity (Wildman–Crippen MR) is 271 cm³/mol. The van der Waals surface area contributed by atoms with Crippen LogP contribution in [0.3, 0.4) is 0 Å². The summed E-state index contributed by atoms with van der Waals surface area (Å²) in [6.07, 6.45) is 10.9. The van der Waals surface area contributed by atoms with Gasteiger partial charge in [0.25, 0.3) is 0 Å². The van der Waals surface area contributed by atoms with Crippen LogP contribution in [0.1, 0.15) is 84.7 Å². The van der Waals surface area contributed by atoms with Crippen molar-refractivity contribution in [2.45, 2.75) is 110 Å². The van der Waals surface area contributed by atoms with Crippen LogP contribution < -0.4 is 23.7 Å². The summed E-state index contributed by atoms with van der Waals surface area (Å²) in [6, 6.07) is 30.0. The second kappa shape index (κ2) is 25.0. The Hall–Kier alpha value is -5.17. The van der Waals surface area contributed by atoms with Crippen molar-refractivity contribution in [1.82, 2.24) is 0 Å². The fourth-order valence-corrected chi connectivity index (χ4v) is 9.83. The van der Waals surface area contributed by atoms with Crippen molar-refractivity contribution in [3.63, 3.8) is 0 Å². The fraction of sp³-hybridized carbons (Fsp3) is 0.464. The number of ether oxygens (including phenoxy) is 10. The van der Waals surface area contributed by atoms with Gasteiger partial charge in [-0.2, -0.15) is 0 Å². The fourth-order valence-electron chi connectivity index (χ4n) is 8.99. The van der Waals surface area contributed by atoms with E-state index in [1.165, 1.54) is 11.1 Å². The summed E-state index contributed by atoms with van der Waals surface area (Å²) < 4.78 is 57.2. The number of hydrogen-bond donors (Lipinski definition) is 2. The number of hydrogen-bond acceptors (Lipinski definition) is 14. The molecular formula is C56H63IO14. The summed E-state index contributed by atoms with van der Waals surface area (Å²) in [5, 5.41) is 21.3. The minimum atomic E-state index is -0.875. The van der Waals surface area contributed by atoms with Crippen molar-refractivity contribution >= 4 is 34.5 Å². The van der Waals surface area contributed by atoms with Gasteiger partial charge >= 0.3 is 11.9 Å². The zero-order chi connectivity index (χ0) is 48.9. The summed E-state index contributed by atoms with van der Waals surface area (Å²) in [4.78, 5) is 25.7. The van der Waals surface area contributed by atoms with Crippen LogP contribution in [0.5, 0.6) is 28.7 Å². The molecular weight excluding hydrogens is 1020 g/mol. The Bertz CT molecular complexity index is 2380. The molecule has 5 aliphatic rings. The Morgan fingerprint density at radius 2 is 1.01 bits per heavy atom. The van der Waals surface area contributed by atoms with Gasteiger partial charge in [0, 0.05) is 6.07 Å². The molecule has 378 valence electrons. The highest BCUT2D eigenvalue weighted by Gasteiger charge is 2.31. The molecule has 0 spiro atoms. The first-order chi connectivity index (χ1) is 34.6. The summed E-state index contributed by atoms with van der Waals surface area (Å²) in [5.74, 6) is 3.19. The molecule has 2 heterocycles. The molecule has 15 heteroatoms. The van der Waals surface area contributed by atoms with E-state index in [1.54, 1.807) is 48.5 Å². The van der Waals surface area contributed by atoms with Crippen LogP contribution in [0.25, 0.3) is 0 Å². The van der Waals surface area contributed by atoms with Crippen molar-refractivity contribution in [2.75, 3.05) is 52.9 Å². The van der Waals surface area contributed by atoms with Crippen molar-refractivity contribution in [3.8, 4) is 28.7 Å². The number of aliphatic hydroxyl groups excluding tert-OH is 2. The van der Waals surface area contributed by atoms with E-state index in [9.17, 15) is 19.8 Å². The molecule has 2 saturated carbocycles. The maximum Gasteiger partial charge on any atom is 0.338 e.